The molecule has 2 bridgehead atoms. The van der Waals surface area contributed by atoms with Crippen LogP contribution in [0.4, 0.5) is 0 Å². The van der Waals surface area contributed by atoms with Gasteiger partial charge in [-0.05, 0) is 25.5 Å². The third kappa shape index (κ3) is 3.41. The highest BCUT2D eigenvalue weighted by Gasteiger charge is 2.77. The maximum atomic E-state index is 14.2. The van der Waals surface area contributed by atoms with Crippen molar-refractivity contribution in [1.29, 1.82) is 0 Å². The molecule has 1 aromatic carbocycles. The molecular weight excluding hydrogens is 522 g/mol. The van der Waals surface area contributed by atoms with Gasteiger partial charge in [0.05, 0.1) is 36.1 Å². The van der Waals surface area contributed by atoms with Crippen LogP contribution < -0.4 is 0 Å². The van der Waals surface area contributed by atoms with Crippen molar-refractivity contribution in [2.75, 3.05) is 13.2 Å². The number of carboxylic acid groups (broad SMARTS) is 1. The van der Waals surface area contributed by atoms with E-state index in [2.05, 4.69) is 32.8 Å². The minimum atomic E-state index is -1.32. The van der Waals surface area contributed by atoms with Crippen molar-refractivity contribution in [3.05, 3.63) is 36.9 Å². The normalized spacial score (nSPS) is 32.1. The number of para-hydroxylation sites is 1. The number of carboxylic acids is 1. The van der Waals surface area contributed by atoms with E-state index in [0.717, 1.165) is 5.52 Å². The van der Waals surface area contributed by atoms with Crippen LogP contribution in [0.2, 0.25) is 0 Å². The lowest BCUT2D eigenvalue weighted by Gasteiger charge is -2.38. The Kier molecular flexibility index (Phi) is 5.93. The third-order valence-corrected chi connectivity index (χ3v) is 8.22. The van der Waals surface area contributed by atoms with Crippen LogP contribution in [-0.4, -0.2) is 94.6 Å². The van der Waals surface area contributed by atoms with E-state index in [1.807, 2.05) is 24.3 Å². The predicted octanol–water partition coefficient (Wildman–Crippen LogP) is 0.617. The van der Waals surface area contributed by atoms with E-state index in [4.69, 9.17) is 4.74 Å². The summed E-state index contributed by atoms with van der Waals surface area (Å²) in [6.45, 7) is 5.22. The first-order valence-corrected chi connectivity index (χ1v) is 12.3. The fourth-order valence-electron chi connectivity index (χ4n) is 5.92. The SMILES string of the molecule is C=CCN(Cn1nnc2ccccc21)C(=O)[C@H]1N([C@H](C)CO)C(=O)[C@@H]2[C@@H](C(=O)O)[C@@H]3O[C@@]21CC3Br. The number of aliphatic hydroxyl groups is 1. The Morgan fingerprint density at radius 3 is 2.86 bits per heavy atom. The molecule has 1 spiro atoms. The lowest BCUT2D eigenvalue weighted by atomic mass is 9.70. The molecule has 186 valence electrons. The molecule has 3 aliphatic rings. The molecule has 1 unspecified atom stereocenters. The number of aliphatic hydroxyl groups excluding tert-OH is 1. The van der Waals surface area contributed by atoms with Gasteiger partial charge in [-0.15, -0.1) is 11.7 Å². The minimum Gasteiger partial charge on any atom is -0.481 e. The lowest BCUT2D eigenvalue weighted by molar-refractivity contribution is -0.153. The summed E-state index contributed by atoms with van der Waals surface area (Å²) in [5.74, 6) is -4.14. The zero-order valence-electron chi connectivity index (χ0n) is 19.0. The molecule has 0 aliphatic carbocycles. The topological polar surface area (TPSA) is 138 Å². The summed E-state index contributed by atoms with van der Waals surface area (Å²) in [6.07, 6.45) is 1.15. The molecule has 2 aromatic rings. The van der Waals surface area contributed by atoms with Crippen molar-refractivity contribution in [3.63, 3.8) is 0 Å². The molecule has 7 atom stereocenters. The van der Waals surface area contributed by atoms with Crippen LogP contribution in [0.15, 0.2) is 36.9 Å². The highest BCUT2D eigenvalue weighted by atomic mass is 79.9. The number of alkyl halides is 1. The Morgan fingerprint density at radius 1 is 1.43 bits per heavy atom. The second-order valence-electron chi connectivity index (χ2n) is 9.35. The molecule has 3 saturated heterocycles. The summed E-state index contributed by atoms with van der Waals surface area (Å²) in [6, 6.07) is 5.53. The molecule has 11 nitrogen and oxygen atoms in total. The first-order chi connectivity index (χ1) is 16.7. The fourth-order valence-corrected chi connectivity index (χ4v) is 6.86. The molecule has 1 aromatic heterocycles. The van der Waals surface area contributed by atoms with Gasteiger partial charge >= 0.3 is 5.97 Å². The second-order valence-corrected chi connectivity index (χ2v) is 10.5. The number of benzene rings is 1. The van der Waals surface area contributed by atoms with E-state index in [-0.39, 0.29) is 24.6 Å². The Labute approximate surface area is 209 Å². The Hall–Kier alpha value is -2.83. The smallest absolute Gasteiger partial charge is 0.310 e. The lowest BCUT2D eigenvalue weighted by Crippen LogP contribution is -2.58. The van der Waals surface area contributed by atoms with Crippen molar-refractivity contribution >= 4 is 44.7 Å². The van der Waals surface area contributed by atoms with Crippen molar-refractivity contribution in [1.82, 2.24) is 24.8 Å². The number of amides is 2. The number of hydrogen-bond donors (Lipinski definition) is 2. The van der Waals surface area contributed by atoms with Crippen LogP contribution in [0.5, 0.6) is 0 Å². The number of aliphatic carboxylic acids is 1. The Balaban J connectivity index is 1.56. The Bertz CT molecular complexity index is 1200. The zero-order chi connectivity index (χ0) is 25.1. The standard InChI is InChI=1S/C23H26BrN5O6/c1-3-8-27(11-28-15-7-5-4-6-14(15)25-26-28)21(32)19-23-9-13(24)18(35-23)16(22(33)34)17(23)20(31)29(19)12(2)10-30/h3-7,12-13,16-19,30H,1,8-11H2,2H3,(H,33,34)/t12-,13?,16-,17+,18-,19-,23+/m1/s1. The average molecular weight is 548 g/mol. The van der Waals surface area contributed by atoms with Crippen molar-refractivity contribution in [3.8, 4) is 0 Å². The highest BCUT2D eigenvalue weighted by Crippen LogP contribution is 2.60. The molecule has 5 rings (SSSR count). The Morgan fingerprint density at radius 2 is 2.17 bits per heavy atom. The van der Waals surface area contributed by atoms with Gasteiger partial charge in [-0.3, -0.25) is 14.4 Å². The van der Waals surface area contributed by atoms with Crippen LogP contribution in [0.25, 0.3) is 11.0 Å². The monoisotopic (exact) mass is 547 g/mol. The van der Waals surface area contributed by atoms with Crippen LogP contribution >= 0.6 is 15.9 Å². The number of hydrogen-bond acceptors (Lipinski definition) is 7. The zero-order valence-corrected chi connectivity index (χ0v) is 20.6. The number of fused-ring (bicyclic) bond motifs is 2. The number of likely N-dealkylation sites (tertiary alicyclic amines) is 1. The van der Waals surface area contributed by atoms with Crippen LogP contribution in [0.3, 0.4) is 0 Å². The molecule has 12 heteroatoms. The molecule has 2 N–H and O–H groups in total. The highest BCUT2D eigenvalue weighted by molar-refractivity contribution is 9.09. The molecular formula is C23H26BrN5O6. The van der Waals surface area contributed by atoms with Crippen molar-refractivity contribution in [2.24, 2.45) is 11.8 Å². The largest absolute Gasteiger partial charge is 0.481 e. The van der Waals surface area contributed by atoms with Crippen LogP contribution in [0.1, 0.15) is 13.3 Å². The van der Waals surface area contributed by atoms with Gasteiger partial charge in [0.25, 0.3) is 0 Å². The van der Waals surface area contributed by atoms with Gasteiger partial charge in [0.1, 0.15) is 23.8 Å². The molecule has 4 heterocycles. The van der Waals surface area contributed by atoms with E-state index in [0.29, 0.717) is 11.9 Å². The minimum absolute atomic E-state index is 0.0433. The van der Waals surface area contributed by atoms with Gasteiger partial charge in [0, 0.05) is 11.4 Å². The maximum Gasteiger partial charge on any atom is 0.310 e. The summed E-state index contributed by atoms with van der Waals surface area (Å²) in [5, 5.41) is 28.2. The number of nitrogens with zero attached hydrogens (tertiary/aromatic N) is 5. The summed E-state index contributed by atoms with van der Waals surface area (Å²) in [5.41, 5.74) is 0.0921. The van der Waals surface area contributed by atoms with Crippen LogP contribution in [0, 0.1) is 11.8 Å². The van der Waals surface area contributed by atoms with Crippen LogP contribution in [-0.2, 0) is 25.8 Å². The predicted molar refractivity (Wildman–Crippen MR) is 126 cm³/mol. The van der Waals surface area contributed by atoms with E-state index >= 15 is 0 Å². The molecule has 0 radical (unpaired) electrons. The summed E-state index contributed by atoms with van der Waals surface area (Å²) in [7, 11) is 0. The van der Waals surface area contributed by atoms with Crippen molar-refractivity contribution < 1.29 is 29.3 Å². The van der Waals surface area contributed by atoms with Gasteiger partial charge in [-0.2, -0.15) is 0 Å². The number of rotatable bonds is 8. The molecule has 3 fully saturated rings. The molecule has 0 saturated carbocycles. The first kappa shape index (κ1) is 23.9. The van der Waals surface area contributed by atoms with Gasteiger partial charge < -0.3 is 24.7 Å². The average Bonchev–Trinajstić information content (AvgIpc) is 3.55. The summed E-state index contributed by atoms with van der Waals surface area (Å²) in [4.78, 5) is 42.5. The summed E-state index contributed by atoms with van der Waals surface area (Å²) >= 11 is 3.52. The first-order valence-electron chi connectivity index (χ1n) is 11.4. The van der Waals surface area contributed by atoms with Gasteiger partial charge in [0.2, 0.25) is 11.8 Å². The second kappa shape index (κ2) is 8.68. The fraction of sp³-hybridized carbons (Fsp3) is 0.522. The number of halogens is 1. The van der Waals surface area contributed by atoms with E-state index < -0.39 is 53.4 Å². The van der Waals surface area contributed by atoms with Gasteiger partial charge in [-0.25, -0.2) is 4.68 Å². The van der Waals surface area contributed by atoms with Gasteiger partial charge in [-0.1, -0.05) is 39.4 Å². The molecule has 3 aliphatic heterocycles. The number of carbonyl (C=O) groups excluding carboxylic acids is 2. The van der Waals surface area contributed by atoms with Gasteiger partial charge in [0.15, 0.2) is 0 Å². The number of aromatic nitrogens is 3. The number of ether oxygens (including phenoxy) is 1. The third-order valence-electron chi connectivity index (χ3n) is 7.37. The number of carbonyl (C=O) groups is 3. The molecule has 2 amide bonds. The van der Waals surface area contributed by atoms with E-state index in [1.54, 1.807) is 17.7 Å². The maximum absolute atomic E-state index is 14.2. The van der Waals surface area contributed by atoms with E-state index in [9.17, 15) is 24.6 Å². The summed E-state index contributed by atoms with van der Waals surface area (Å²) < 4.78 is 7.84. The van der Waals surface area contributed by atoms with E-state index in [1.165, 1.54) is 9.80 Å². The van der Waals surface area contributed by atoms with Crippen molar-refractivity contribution in [2.45, 2.75) is 48.6 Å². The molecule has 35 heavy (non-hydrogen) atoms. The quantitative estimate of drug-likeness (QED) is 0.362.